The third-order valence-electron chi connectivity index (χ3n) is 6.56. The maximum Gasteiger partial charge on any atom is 0.300 e. The Labute approximate surface area is 211 Å². The smallest absolute Gasteiger partial charge is 0.300 e. The monoisotopic (exact) mass is 485 g/mol. The zero-order valence-corrected chi connectivity index (χ0v) is 21.4. The molecule has 1 heterocycles. The Morgan fingerprint density at radius 1 is 0.944 bits per heavy atom. The van der Waals surface area contributed by atoms with Crippen molar-refractivity contribution in [3.8, 4) is 11.5 Å². The number of aliphatic hydroxyl groups is 1. The molecule has 1 saturated heterocycles. The van der Waals surface area contributed by atoms with Crippen LogP contribution in [0, 0.1) is 13.8 Å². The standard InChI is InChI=1S/C30H31NO5/c1-17-7-8-18(2)23(15-17)31-26(19-9-12-21(32)13-10-19)25(28(34)29(31)35)27(33)20-11-14-24(36-6)22(16-20)30(3,4)5/h7-16,26,32-33H,1-6H3/b27-25-. The van der Waals surface area contributed by atoms with Crippen LogP contribution in [0.25, 0.3) is 5.76 Å². The predicted molar refractivity (Wildman–Crippen MR) is 140 cm³/mol. The van der Waals surface area contributed by atoms with Gasteiger partial charge in [-0.3, -0.25) is 14.5 Å². The van der Waals surface area contributed by atoms with Crippen molar-refractivity contribution in [2.24, 2.45) is 0 Å². The maximum atomic E-state index is 13.5. The summed E-state index contributed by atoms with van der Waals surface area (Å²) in [5, 5.41) is 21.4. The van der Waals surface area contributed by atoms with E-state index in [1.807, 2.05) is 52.8 Å². The fourth-order valence-electron chi connectivity index (χ4n) is 4.63. The van der Waals surface area contributed by atoms with Crippen molar-refractivity contribution in [3.05, 3.63) is 94.1 Å². The van der Waals surface area contributed by atoms with Crippen molar-refractivity contribution < 1.29 is 24.5 Å². The number of hydrogen-bond donors (Lipinski definition) is 2. The van der Waals surface area contributed by atoms with Crippen LogP contribution in [0.4, 0.5) is 5.69 Å². The molecule has 0 bridgehead atoms. The molecule has 3 aromatic carbocycles. The SMILES string of the molecule is COc1ccc(/C(O)=C2/C(=O)C(=O)N(c3cc(C)ccc3C)C2c2ccc(O)cc2)cc1C(C)(C)C. The molecular weight excluding hydrogens is 454 g/mol. The van der Waals surface area contributed by atoms with E-state index in [9.17, 15) is 19.8 Å². The van der Waals surface area contributed by atoms with Crippen LogP contribution >= 0.6 is 0 Å². The van der Waals surface area contributed by atoms with Crippen molar-refractivity contribution in [2.45, 2.75) is 46.1 Å². The molecule has 1 aliphatic heterocycles. The lowest BCUT2D eigenvalue weighted by molar-refractivity contribution is -0.132. The number of benzene rings is 3. The lowest BCUT2D eigenvalue weighted by Crippen LogP contribution is -2.30. The molecule has 1 amide bonds. The summed E-state index contributed by atoms with van der Waals surface area (Å²) in [7, 11) is 1.59. The Kier molecular flexibility index (Phi) is 6.39. The number of rotatable bonds is 4. The Balaban J connectivity index is 1.99. The molecule has 2 N–H and O–H groups in total. The molecule has 186 valence electrons. The number of hydrogen-bond acceptors (Lipinski definition) is 5. The number of ketones is 1. The van der Waals surface area contributed by atoms with Gasteiger partial charge in [-0.05, 0) is 72.4 Å². The van der Waals surface area contributed by atoms with Crippen molar-refractivity contribution in [1.82, 2.24) is 0 Å². The van der Waals surface area contributed by atoms with Crippen molar-refractivity contribution in [2.75, 3.05) is 12.0 Å². The molecule has 1 unspecified atom stereocenters. The number of carbonyl (C=O) groups is 2. The number of phenols is 1. The second-order valence-corrected chi connectivity index (χ2v) is 10.2. The molecule has 6 heteroatoms. The molecule has 0 radical (unpaired) electrons. The number of aliphatic hydroxyl groups excluding tert-OH is 1. The van der Waals surface area contributed by atoms with Crippen molar-refractivity contribution in [3.63, 3.8) is 0 Å². The summed E-state index contributed by atoms with van der Waals surface area (Å²) < 4.78 is 5.52. The zero-order chi connectivity index (χ0) is 26.4. The molecule has 36 heavy (non-hydrogen) atoms. The largest absolute Gasteiger partial charge is 0.508 e. The van der Waals surface area contributed by atoms with Gasteiger partial charge in [0.2, 0.25) is 0 Å². The van der Waals surface area contributed by atoms with E-state index < -0.39 is 17.7 Å². The second-order valence-electron chi connectivity index (χ2n) is 10.2. The van der Waals surface area contributed by atoms with Crippen LogP contribution in [0.1, 0.15) is 54.6 Å². The number of Topliss-reactive ketones (excluding diaryl/α,β-unsaturated/α-hetero) is 1. The van der Waals surface area contributed by atoms with Crippen molar-refractivity contribution >= 4 is 23.1 Å². The number of ether oxygens (including phenoxy) is 1. The quantitative estimate of drug-likeness (QED) is 0.271. The average Bonchev–Trinajstić information content (AvgIpc) is 3.10. The lowest BCUT2D eigenvalue weighted by Gasteiger charge is -2.27. The highest BCUT2D eigenvalue weighted by molar-refractivity contribution is 6.51. The van der Waals surface area contributed by atoms with E-state index in [2.05, 4.69) is 0 Å². The van der Waals surface area contributed by atoms with Crippen molar-refractivity contribution in [1.29, 1.82) is 0 Å². The van der Waals surface area contributed by atoms with Crippen LogP contribution < -0.4 is 9.64 Å². The Morgan fingerprint density at radius 2 is 1.61 bits per heavy atom. The number of anilines is 1. The van der Waals surface area contributed by atoms with Gasteiger partial charge in [0.1, 0.15) is 17.3 Å². The van der Waals surface area contributed by atoms with Crippen LogP contribution in [0.2, 0.25) is 0 Å². The normalized spacial score (nSPS) is 17.5. The number of amides is 1. The highest BCUT2D eigenvalue weighted by Crippen LogP contribution is 2.44. The van der Waals surface area contributed by atoms with E-state index >= 15 is 0 Å². The first-order valence-electron chi connectivity index (χ1n) is 11.8. The molecule has 0 saturated carbocycles. The van der Waals surface area contributed by atoms with Crippen LogP contribution in [0.15, 0.2) is 66.2 Å². The predicted octanol–water partition coefficient (Wildman–Crippen LogP) is 5.94. The van der Waals surface area contributed by atoms with E-state index in [-0.39, 0.29) is 22.5 Å². The minimum atomic E-state index is -0.869. The van der Waals surface area contributed by atoms with E-state index in [4.69, 9.17) is 4.74 Å². The van der Waals surface area contributed by atoms with Gasteiger partial charge in [0, 0.05) is 16.8 Å². The number of aromatic hydroxyl groups is 1. The summed E-state index contributed by atoms with van der Waals surface area (Å²) >= 11 is 0. The van der Waals surface area contributed by atoms with Gasteiger partial charge in [0.05, 0.1) is 18.7 Å². The van der Waals surface area contributed by atoms with E-state index in [0.29, 0.717) is 22.6 Å². The fourth-order valence-corrected chi connectivity index (χ4v) is 4.63. The van der Waals surface area contributed by atoms with Crippen LogP contribution in [0.5, 0.6) is 11.5 Å². The summed E-state index contributed by atoms with van der Waals surface area (Å²) in [4.78, 5) is 28.4. The molecule has 1 atom stereocenters. The molecule has 3 aromatic rings. The van der Waals surface area contributed by atoms with Gasteiger partial charge in [-0.25, -0.2) is 0 Å². The summed E-state index contributed by atoms with van der Waals surface area (Å²) in [6.07, 6.45) is 0. The van der Waals surface area contributed by atoms with Gasteiger partial charge in [-0.15, -0.1) is 0 Å². The van der Waals surface area contributed by atoms with Crippen LogP contribution in [-0.4, -0.2) is 29.0 Å². The van der Waals surface area contributed by atoms with Gasteiger partial charge in [-0.2, -0.15) is 0 Å². The average molecular weight is 486 g/mol. The maximum absolute atomic E-state index is 13.5. The second kappa shape index (κ2) is 9.19. The molecule has 0 aromatic heterocycles. The molecule has 4 rings (SSSR count). The first-order valence-corrected chi connectivity index (χ1v) is 11.8. The fraction of sp³-hybridized carbons (Fsp3) is 0.267. The first kappa shape index (κ1) is 25.0. The summed E-state index contributed by atoms with van der Waals surface area (Å²) in [6.45, 7) is 9.89. The minimum absolute atomic E-state index is 0.00313. The van der Waals surface area contributed by atoms with E-state index in [1.165, 1.54) is 17.0 Å². The van der Waals surface area contributed by atoms with E-state index in [1.54, 1.807) is 37.4 Å². The number of methoxy groups -OCH3 is 1. The molecule has 1 aliphatic rings. The third kappa shape index (κ3) is 4.35. The van der Waals surface area contributed by atoms with Crippen LogP contribution in [-0.2, 0) is 15.0 Å². The molecular formula is C30H31NO5. The summed E-state index contributed by atoms with van der Waals surface area (Å²) in [6, 6.07) is 16.4. The van der Waals surface area contributed by atoms with Gasteiger partial charge in [0.25, 0.3) is 11.7 Å². The summed E-state index contributed by atoms with van der Waals surface area (Å²) in [5.74, 6) is -1.00. The van der Waals surface area contributed by atoms with Gasteiger partial charge >= 0.3 is 0 Å². The Hall–Kier alpha value is -4.06. The lowest BCUT2D eigenvalue weighted by atomic mass is 9.84. The molecule has 0 aliphatic carbocycles. The topological polar surface area (TPSA) is 87.1 Å². The highest BCUT2D eigenvalue weighted by atomic mass is 16.5. The minimum Gasteiger partial charge on any atom is -0.508 e. The third-order valence-corrected chi connectivity index (χ3v) is 6.56. The van der Waals surface area contributed by atoms with Crippen LogP contribution in [0.3, 0.4) is 0 Å². The first-order chi connectivity index (χ1) is 16.9. The summed E-state index contributed by atoms with van der Waals surface area (Å²) in [5.41, 5.74) is 3.94. The molecule has 6 nitrogen and oxygen atoms in total. The van der Waals surface area contributed by atoms with Gasteiger partial charge in [-0.1, -0.05) is 45.0 Å². The molecule has 1 fully saturated rings. The Bertz CT molecular complexity index is 1380. The number of carbonyl (C=O) groups excluding carboxylic acids is 2. The highest BCUT2D eigenvalue weighted by Gasteiger charge is 2.47. The number of aryl methyl sites for hydroxylation is 2. The van der Waals surface area contributed by atoms with Gasteiger partial charge in [0.15, 0.2) is 0 Å². The Morgan fingerprint density at radius 3 is 2.22 bits per heavy atom. The number of nitrogens with zero attached hydrogens (tertiary/aromatic N) is 1. The molecule has 0 spiro atoms. The van der Waals surface area contributed by atoms with Gasteiger partial charge < -0.3 is 14.9 Å². The zero-order valence-electron chi connectivity index (χ0n) is 21.4. The number of phenolic OH excluding ortho intramolecular Hbond substituents is 1. The van der Waals surface area contributed by atoms with E-state index in [0.717, 1.165) is 16.7 Å².